The molecule has 0 aromatic heterocycles. The lowest BCUT2D eigenvalue weighted by molar-refractivity contribution is -0.255. The second kappa shape index (κ2) is 67.8. The average molecular weight is 1820 g/mol. The van der Waals surface area contributed by atoms with E-state index in [1.807, 2.05) is 27.7 Å². The number of phosphoric ester groups is 1. The second-order valence-corrected chi connectivity index (χ2v) is 35.2. The zero-order valence-corrected chi connectivity index (χ0v) is 77.4. The molecule has 0 radical (unpaired) electrons. The van der Waals surface area contributed by atoms with E-state index in [1.54, 1.807) is 0 Å². The van der Waals surface area contributed by atoms with E-state index in [-0.39, 0.29) is 271 Å². The maximum atomic E-state index is 14.0. The first-order chi connectivity index (χ1) is 59.1. The number of hydrogen-bond donors (Lipinski definition) is 7. The lowest BCUT2D eigenvalue weighted by Gasteiger charge is -2.44. The number of nitrogens with one attached hydrogen (secondary N) is 6. The number of esters is 3. The van der Waals surface area contributed by atoms with Crippen LogP contribution >= 0.6 is 7.82 Å². The maximum Gasteiger partial charge on any atom is 0.471 e. The fourth-order valence-electron chi connectivity index (χ4n) is 14.8. The van der Waals surface area contributed by atoms with Gasteiger partial charge in [-0.3, -0.25) is 71.4 Å². The first kappa shape index (κ1) is 118. The molecular weight excluding hydrogens is 1660 g/mol. The van der Waals surface area contributed by atoms with Gasteiger partial charge in [-0.05, 0) is 125 Å². The van der Waals surface area contributed by atoms with Gasteiger partial charge in [0, 0.05) is 164 Å². The van der Waals surface area contributed by atoms with Crippen LogP contribution in [0.15, 0.2) is 0 Å². The van der Waals surface area contributed by atoms with Gasteiger partial charge in [0.15, 0.2) is 18.9 Å². The molecule has 3 fully saturated rings. The minimum absolute atomic E-state index is 0. The van der Waals surface area contributed by atoms with Gasteiger partial charge in [0.05, 0.1) is 76.6 Å². The van der Waals surface area contributed by atoms with Crippen molar-refractivity contribution in [2.24, 2.45) is 41.4 Å². The molecule has 3 heterocycles. The SMILES string of the molecule is C.C.COP(=O)(O)OCCCCCCNC(=O)CCCC(=O)NC(COCCC(=O)CCCCCC(=O)CCCCO[C@@H]1OC(COC(C)=O)[C@H](C)[C@H](C)C1C)(COCCC(=O)CCCCCC(=O)CCCCO[C@@H]1OC(COC(C)=O)[C@H](C)[C@H](C)C1NC(C)=O)COCCC(=O)NCCCNC(=O)CCCCO[C@@H]1OC(COC(C)=O)[C@H](C)[C@H](C)C1NC(C)=O. The van der Waals surface area contributed by atoms with Gasteiger partial charge in [0.2, 0.25) is 35.4 Å². The van der Waals surface area contributed by atoms with Crippen molar-refractivity contribution in [1.29, 1.82) is 0 Å². The van der Waals surface area contributed by atoms with Gasteiger partial charge in [-0.1, -0.05) is 89.0 Å². The summed E-state index contributed by atoms with van der Waals surface area (Å²) in [6, 6.07) is -0.855. The molecule has 35 nitrogen and oxygen atoms in total. The molecule has 0 bridgehead atoms. The highest BCUT2D eigenvalue weighted by atomic mass is 31.2. The summed E-state index contributed by atoms with van der Waals surface area (Å²) in [5, 5.41) is 17.4. The molecule has 3 aliphatic heterocycles. The number of carbonyl (C=O) groups excluding carboxylic acids is 13. The third-order valence-electron chi connectivity index (χ3n) is 23.2. The highest BCUT2D eigenvalue weighted by Gasteiger charge is 2.46. The molecule has 17 atom stereocenters. The van der Waals surface area contributed by atoms with Crippen LogP contribution in [0.1, 0.15) is 291 Å². The fraction of sp³-hybridized carbons (Fsp3) is 0.856. The van der Waals surface area contributed by atoms with Crippen LogP contribution in [-0.2, 0) is 133 Å². The van der Waals surface area contributed by atoms with Crippen LogP contribution in [0.4, 0.5) is 0 Å². The Hall–Kier alpha value is -6.34. The Labute approximate surface area is 750 Å². The van der Waals surface area contributed by atoms with Crippen LogP contribution < -0.4 is 31.9 Å². The zero-order chi connectivity index (χ0) is 91.8. The topological polar surface area (TPSA) is 461 Å². The van der Waals surface area contributed by atoms with E-state index >= 15 is 0 Å². The first-order valence-corrected chi connectivity index (χ1v) is 46.7. The van der Waals surface area contributed by atoms with Crippen molar-refractivity contribution in [3.8, 4) is 0 Å². The predicted molar refractivity (Wildman–Crippen MR) is 470 cm³/mol. The van der Waals surface area contributed by atoms with E-state index in [2.05, 4.69) is 57.2 Å². The highest BCUT2D eigenvalue weighted by Crippen LogP contribution is 2.42. The summed E-state index contributed by atoms with van der Waals surface area (Å²) < 4.78 is 91.9. The molecule has 7 N–H and O–H groups in total. The van der Waals surface area contributed by atoms with Gasteiger partial charge < -0.3 is 93.6 Å². The molecule has 6 amide bonds. The van der Waals surface area contributed by atoms with Gasteiger partial charge in [0.1, 0.15) is 48.5 Å². The Kier molecular flexibility index (Phi) is 63.3. The minimum atomic E-state index is -4.06. The third kappa shape index (κ3) is 52.5. The average Bonchev–Trinajstić information content (AvgIpc) is 0.814. The van der Waals surface area contributed by atoms with E-state index in [4.69, 9.17) is 61.4 Å². The number of carbonyl (C=O) groups is 13. The summed E-state index contributed by atoms with van der Waals surface area (Å²) in [5.41, 5.74) is -1.43. The van der Waals surface area contributed by atoms with Crippen LogP contribution in [0.5, 0.6) is 0 Å². The number of ketones is 4. The van der Waals surface area contributed by atoms with Crippen molar-refractivity contribution in [2.75, 3.05) is 113 Å². The lowest BCUT2D eigenvalue weighted by Crippen LogP contribution is -2.58. The molecule has 0 aromatic carbocycles. The van der Waals surface area contributed by atoms with Crippen molar-refractivity contribution >= 4 is 84.3 Å². The van der Waals surface area contributed by atoms with E-state index in [9.17, 15) is 71.8 Å². The molecule has 3 saturated heterocycles. The largest absolute Gasteiger partial charge is 0.471 e. The van der Waals surface area contributed by atoms with Crippen LogP contribution in [0.25, 0.3) is 0 Å². The molecule has 3 rings (SSSR count). The van der Waals surface area contributed by atoms with Gasteiger partial charge in [-0.25, -0.2) is 4.57 Å². The quantitative estimate of drug-likeness (QED) is 0.0129. The first-order valence-electron chi connectivity index (χ1n) is 45.3. The van der Waals surface area contributed by atoms with Gasteiger partial charge in [0.25, 0.3) is 0 Å². The molecule has 0 aromatic rings. The van der Waals surface area contributed by atoms with E-state index < -0.39 is 74.4 Å². The molecule has 0 saturated carbocycles. The monoisotopic (exact) mass is 1820 g/mol. The Morgan fingerprint density at radius 1 is 0.341 bits per heavy atom. The summed E-state index contributed by atoms with van der Waals surface area (Å²) in [7, 11) is -2.98. The van der Waals surface area contributed by atoms with E-state index in [1.165, 1.54) is 34.6 Å². The number of amides is 6. The molecule has 0 spiro atoms. The Bertz CT molecular complexity index is 3110. The highest BCUT2D eigenvalue weighted by molar-refractivity contribution is 7.47. The molecule has 126 heavy (non-hydrogen) atoms. The Morgan fingerprint density at radius 3 is 1.06 bits per heavy atom. The van der Waals surface area contributed by atoms with E-state index in [0.29, 0.717) is 148 Å². The number of phosphoric acid groups is 1. The molecular formula is C90H161N6O29P. The van der Waals surface area contributed by atoms with E-state index in [0.717, 1.165) is 7.11 Å². The number of ether oxygens (including phenoxy) is 12. The van der Waals surface area contributed by atoms with Gasteiger partial charge in [-0.15, -0.1) is 0 Å². The number of unbranched alkanes of at least 4 members (excludes halogenated alkanes) is 10. The Morgan fingerprint density at radius 2 is 0.659 bits per heavy atom. The van der Waals surface area contributed by atoms with Crippen molar-refractivity contribution in [2.45, 2.75) is 345 Å². The zero-order valence-electron chi connectivity index (χ0n) is 76.5. The smallest absolute Gasteiger partial charge is 0.463 e. The third-order valence-corrected chi connectivity index (χ3v) is 24.1. The van der Waals surface area contributed by atoms with Crippen LogP contribution in [0.3, 0.4) is 0 Å². The van der Waals surface area contributed by atoms with Gasteiger partial charge in [-0.2, -0.15) is 0 Å². The number of rotatable bonds is 71. The standard InChI is InChI=1S/C88H153N6O29P.2CH4/c1-60-61(2)76(54-117-69(10)97)121-85(66(60)7)114-47-27-22-36-72(100)32-18-16-20-34-74(102)41-51-111-57-88(94-82(107)40-30-39-80(105)89-44-25-14-15-26-50-120-124(108,109)110-13,58-112-52-42-75(103)35-21-17-19-33-73(101)37-23-28-48-115-86-83(92-67(8)95)64(5)62(3)77(122-86)55-118-70(11)98)59-113-53-43-81(106)91-46-31-45-90-79(104)38-24-29-49-116-87-84(93-68(9)96)65(6)63(4)78(123-87)56-119-71(12)99;;/h60-66,76-78,83-87H,14-59H2,1-13H3,(H,89,105)(H,90,104)(H,91,106)(H,92,95)(H,93,96)(H,94,107)(H,108,109);2*1H4/t60-,61+,62+,63+,64-,65-,66?,76?,77?,78?,83?,84?,85+,86+,87+,88?;;/m0../s1. The minimum Gasteiger partial charge on any atom is -0.463 e. The van der Waals surface area contributed by atoms with Crippen molar-refractivity contribution in [3.05, 3.63) is 0 Å². The maximum absolute atomic E-state index is 14.0. The summed E-state index contributed by atoms with van der Waals surface area (Å²) >= 11 is 0. The predicted octanol–water partition coefficient (Wildman–Crippen LogP) is 10.6. The second-order valence-electron chi connectivity index (χ2n) is 33.7. The number of hydrogen-bond acceptors (Lipinski definition) is 28. The van der Waals surface area contributed by atoms with Crippen molar-refractivity contribution in [1.82, 2.24) is 31.9 Å². The molecule has 3 aliphatic rings. The molecule has 36 heteroatoms. The Balaban J connectivity index is 0.0000397. The van der Waals surface area contributed by atoms with Gasteiger partial charge >= 0.3 is 25.7 Å². The summed E-state index contributed by atoms with van der Waals surface area (Å²) in [6.07, 6.45) is 9.20. The molecule has 8 unspecified atom stereocenters. The molecule has 730 valence electrons. The normalized spacial score (nSPS) is 23.1. The number of Topliss-reactive ketones (excluding diaryl/α,β-unsaturated/α-hetero) is 4. The van der Waals surface area contributed by atoms with Crippen LogP contribution in [0, 0.1) is 41.4 Å². The van der Waals surface area contributed by atoms with Crippen molar-refractivity contribution in [3.63, 3.8) is 0 Å². The van der Waals surface area contributed by atoms with Crippen LogP contribution in [-0.4, -0.2) is 249 Å². The lowest BCUT2D eigenvalue weighted by atomic mass is 9.79. The van der Waals surface area contributed by atoms with Crippen LogP contribution in [0.2, 0.25) is 0 Å². The summed E-state index contributed by atoms with van der Waals surface area (Å²) in [5.74, 6) is -2.48. The fourth-order valence-corrected chi connectivity index (χ4v) is 15.2. The summed E-state index contributed by atoms with van der Waals surface area (Å²) in [4.78, 5) is 174. The molecule has 0 aliphatic carbocycles. The van der Waals surface area contributed by atoms with Crippen molar-refractivity contribution < 1.29 is 138 Å². The summed E-state index contributed by atoms with van der Waals surface area (Å²) in [6.45, 7) is 22.3.